The van der Waals surface area contributed by atoms with Crippen LogP contribution in [0.15, 0.2) is 18.2 Å². The van der Waals surface area contributed by atoms with E-state index in [1.807, 2.05) is 19.0 Å². The highest BCUT2D eigenvalue weighted by molar-refractivity contribution is 5.80. The Labute approximate surface area is 71.2 Å². The Kier molecular flexibility index (Phi) is 2.33. The van der Waals surface area contributed by atoms with Crippen molar-refractivity contribution < 1.29 is 9.90 Å². The van der Waals surface area contributed by atoms with Crippen LogP contribution in [0.5, 0.6) is 5.75 Å². The summed E-state index contributed by atoms with van der Waals surface area (Å²) >= 11 is 0. The molecular formula is C9H11NO2. The first-order valence-corrected chi connectivity index (χ1v) is 3.60. The van der Waals surface area contributed by atoms with Crippen molar-refractivity contribution in [1.29, 1.82) is 0 Å². The van der Waals surface area contributed by atoms with Crippen LogP contribution in [0.3, 0.4) is 0 Å². The number of aromatic hydroxyl groups is 1. The maximum Gasteiger partial charge on any atom is 0.153 e. The van der Waals surface area contributed by atoms with E-state index in [-0.39, 0.29) is 5.75 Å². The summed E-state index contributed by atoms with van der Waals surface area (Å²) in [6.07, 6.45) is 0.634. The van der Waals surface area contributed by atoms with E-state index in [9.17, 15) is 9.90 Å². The Hall–Kier alpha value is -1.51. The molecule has 0 fully saturated rings. The highest BCUT2D eigenvalue weighted by Gasteiger charge is 2.01. The van der Waals surface area contributed by atoms with E-state index in [0.29, 0.717) is 11.8 Å². The van der Waals surface area contributed by atoms with Crippen molar-refractivity contribution in [2.75, 3.05) is 19.0 Å². The van der Waals surface area contributed by atoms with Gasteiger partial charge in [0.2, 0.25) is 0 Å². The highest BCUT2D eigenvalue weighted by Crippen LogP contribution is 2.21. The van der Waals surface area contributed by atoms with Crippen molar-refractivity contribution in [2.24, 2.45) is 0 Å². The summed E-state index contributed by atoms with van der Waals surface area (Å²) < 4.78 is 0. The average Bonchev–Trinajstić information content (AvgIpc) is 2.04. The third kappa shape index (κ3) is 1.56. The third-order valence-electron chi connectivity index (χ3n) is 1.66. The minimum absolute atomic E-state index is 0.0243. The number of rotatable bonds is 2. The number of nitrogens with zero attached hydrogens (tertiary/aromatic N) is 1. The van der Waals surface area contributed by atoms with Gasteiger partial charge in [0.05, 0.1) is 5.56 Å². The first-order chi connectivity index (χ1) is 5.65. The fraction of sp³-hybridized carbons (Fsp3) is 0.222. The Morgan fingerprint density at radius 2 is 2.08 bits per heavy atom. The highest BCUT2D eigenvalue weighted by atomic mass is 16.3. The molecule has 0 bridgehead atoms. The minimum atomic E-state index is 0.0243. The van der Waals surface area contributed by atoms with Gasteiger partial charge in [-0.05, 0) is 12.1 Å². The SMILES string of the molecule is CN(C)c1ccc(C=O)c(O)c1. The number of benzene rings is 1. The fourth-order valence-electron chi connectivity index (χ4n) is 0.910. The first kappa shape index (κ1) is 8.59. The van der Waals surface area contributed by atoms with Gasteiger partial charge in [0.25, 0.3) is 0 Å². The van der Waals surface area contributed by atoms with Gasteiger partial charge in [0.1, 0.15) is 5.75 Å². The van der Waals surface area contributed by atoms with Crippen LogP contribution >= 0.6 is 0 Å². The average molecular weight is 165 g/mol. The first-order valence-electron chi connectivity index (χ1n) is 3.60. The van der Waals surface area contributed by atoms with E-state index in [1.165, 1.54) is 0 Å². The van der Waals surface area contributed by atoms with Crippen LogP contribution in [-0.4, -0.2) is 25.5 Å². The van der Waals surface area contributed by atoms with E-state index in [0.717, 1.165) is 5.69 Å². The molecule has 0 saturated carbocycles. The summed E-state index contributed by atoms with van der Waals surface area (Å²) in [5.41, 5.74) is 1.19. The Bertz CT molecular complexity index is 295. The van der Waals surface area contributed by atoms with Crippen molar-refractivity contribution in [3.8, 4) is 5.75 Å². The smallest absolute Gasteiger partial charge is 0.153 e. The van der Waals surface area contributed by atoms with Gasteiger partial charge in [-0.3, -0.25) is 4.79 Å². The molecule has 3 heteroatoms. The van der Waals surface area contributed by atoms with E-state index >= 15 is 0 Å². The molecule has 64 valence electrons. The zero-order valence-electron chi connectivity index (χ0n) is 7.11. The third-order valence-corrected chi connectivity index (χ3v) is 1.66. The Balaban J connectivity index is 3.10. The minimum Gasteiger partial charge on any atom is -0.507 e. The van der Waals surface area contributed by atoms with Gasteiger partial charge in [-0.2, -0.15) is 0 Å². The zero-order valence-corrected chi connectivity index (χ0v) is 7.11. The molecule has 0 atom stereocenters. The van der Waals surface area contributed by atoms with Crippen molar-refractivity contribution >= 4 is 12.0 Å². The van der Waals surface area contributed by atoms with Gasteiger partial charge in [-0.25, -0.2) is 0 Å². The molecule has 12 heavy (non-hydrogen) atoms. The molecule has 1 aromatic carbocycles. The second-order valence-corrected chi connectivity index (χ2v) is 2.76. The molecule has 0 saturated heterocycles. The van der Waals surface area contributed by atoms with Gasteiger partial charge >= 0.3 is 0 Å². The number of carbonyl (C=O) groups excluding carboxylic acids is 1. The maximum atomic E-state index is 10.3. The molecule has 0 unspecified atom stereocenters. The lowest BCUT2D eigenvalue weighted by molar-refractivity contribution is 0.112. The molecule has 0 spiro atoms. The standard InChI is InChI=1S/C9H11NO2/c1-10(2)8-4-3-7(6-11)9(12)5-8/h3-6,12H,1-2H3. The molecule has 3 nitrogen and oxygen atoms in total. The number of phenols is 1. The number of anilines is 1. The second kappa shape index (κ2) is 3.26. The predicted octanol–water partition coefficient (Wildman–Crippen LogP) is 1.27. The number of aldehydes is 1. The normalized spacial score (nSPS) is 9.50. The molecule has 1 aromatic rings. The predicted molar refractivity (Wildman–Crippen MR) is 47.8 cm³/mol. The number of hydrogen-bond acceptors (Lipinski definition) is 3. The molecule has 0 aromatic heterocycles. The van der Waals surface area contributed by atoms with E-state index in [1.54, 1.807) is 18.2 Å². The van der Waals surface area contributed by atoms with E-state index in [2.05, 4.69) is 0 Å². The van der Waals surface area contributed by atoms with Gasteiger partial charge in [-0.15, -0.1) is 0 Å². The molecule has 0 aliphatic carbocycles. The Morgan fingerprint density at radius 3 is 2.50 bits per heavy atom. The van der Waals surface area contributed by atoms with Crippen LogP contribution in [0.2, 0.25) is 0 Å². The van der Waals surface area contributed by atoms with E-state index < -0.39 is 0 Å². The lowest BCUT2D eigenvalue weighted by Gasteiger charge is -2.12. The molecule has 0 heterocycles. The Morgan fingerprint density at radius 1 is 1.42 bits per heavy atom. The van der Waals surface area contributed by atoms with Crippen molar-refractivity contribution in [3.63, 3.8) is 0 Å². The quantitative estimate of drug-likeness (QED) is 0.671. The van der Waals surface area contributed by atoms with Crippen LogP contribution in [0.4, 0.5) is 5.69 Å². The molecular weight excluding hydrogens is 154 g/mol. The monoisotopic (exact) mass is 165 g/mol. The summed E-state index contributed by atoms with van der Waals surface area (Å²) in [7, 11) is 3.74. The second-order valence-electron chi connectivity index (χ2n) is 2.76. The summed E-state index contributed by atoms with van der Waals surface area (Å²) in [6.45, 7) is 0. The molecule has 0 aliphatic rings. The van der Waals surface area contributed by atoms with Gasteiger partial charge in [0, 0.05) is 25.8 Å². The zero-order chi connectivity index (χ0) is 9.14. The molecule has 1 rings (SSSR count). The lowest BCUT2D eigenvalue weighted by atomic mass is 10.2. The van der Waals surface area contributed by atoms with Gasteiger partial charge < -0.3 is 10.0 Å². The number of hydrogen-bond donors (Lipinski definition) is 1. The summed E-state index contributed by atoms with van der Waals surface area (Å²) in [6, 6.07) is 4.94. The summed E-state index contributed by atoms with van der Waals surface area (Å²) in [5.74, 6) is 0.0243. The molecule has 1 N–H and O–H groups in total. The number of carbonyl (C=O) groups is 1. The van der Waals surface area contributed by atoms with Crippen LogP contribution in [0.25, 0.3) is 0 Å². The number of phenolic OH excluding ortho intramolecular Hbond substituents is 1. The van der Waals surface area contributed by atoms with Crippen LogP contribution in [-0.2, 0) is 0 Å². The van der Waals surface area contributed by atoms with Crippen molar-refractivity contribution in [2.45, 2.75) is 0 Å². The van der Waals surface area contributed by atoms with Crippen LogP contribution in [0.1, 0.15) is 10.4 Å². The van der Waals surface area contributed by atoms with Crippen molar-refractivity contribution in [1.82, 2.24) is 0 Å². The lowest BCUT2D eigenvalue weighted by Crippen LogP contribution is -2.08. The van der Waals surface area contributed by atoms with E-state index in [4.69, 9.17) is 0 Å². The van der Waals surface area contributed by atoms with Gasteiger partial charge in [0.15, 0.2) is 6.29 Å². The van der Waals surface area contributed by atoms with Gasteiger partial charge in [-0.1, -0.05) is 0 Å². The molecule has 0 radical (unpaired) electrons. The maximum absolute atomic E-state index is 10.3. The topological polar surface area (TPSA) is 40.5 Å². The summed E-state index contributed by atoms with van der Waals surface area (Å²) in [4.78, 5) is 12.2. The van der Waals surface area contributed by atoms with Crippen LogP contribution < -0.4 is 4.90 Å². The fourth-order valence-corrected chi connectivity index (χ4v) is 0.910. The molecule has 0 amide bonds. The summed E-state index contributed by atoms with van der Waals surface area (Å²) in [5, 5.41) is 9.28. The largest absolute Gasteiger partial charge is 0.507 e. The van der Waals surface area contributed by atoms with Crippen molar-refractivity contribution in [3.05, 3.63) is 23.8 Å². The van der Waals surface area contributed by atoms with Crippen LogP contribution in [0, 0.1) is 0 Å². The molecule has 0 aliphatic heterocycles.